The number of piperazine rings is 1. The molecule has 0 saturated carbocycles. The number of aliphatic imine (C=N–C) groups is 1. The molecule has 1 unspecified atom stereocenters. The highest BCUT2D eigenvalue weighted by Gasteiger charge is 2.26. The van der Waals surface area contributed by atoms with E-state index in [0.29, 0.717) is 30.6 Å². The van der Waals surface area contributed by atoms with Crippen LogP contribution in [0.2, 0.25) is 5.02 Å². The Kier molecular flexibility index (Phi) is 6.15. The van der Waals surface area contributed by atoms with Crippen LogP contribution in [0.25, 0.3) is 0 Å². The molecule has 0 spiro atoms. The molecule has 2 fully saturated rings. The van der Waals surface area contributed by atoms with Crippen molar-refractivity contribution in [3.8, 4) is 0 Å². The largest absolute Gasteiger partial charge is 0.381 e. The Morgan fingerprint density at radius 3 is 2.80 bits per heavy atom. The Morgan fingerprint density at radius 1 is 1.36 bits per heavy atom. The smallest absolute Gasteiger partial charge is 0.242 e. The quantitative estimate of drug-likeness (QED) is 0.651. The number of carbonyl (C=O) groups is 1. The Hall–Kier alpha value is -1.79. The van der Waals surface area contributed by atoms with Crippen LogP contribution in [-0.4, -0.2) is 68.1 Å². The van der Waals surface area contributed by atoms with Crippen LogP contribution in [0.1, 0.15) is 12.0 Å². The molecule has 1 N–H and O–H groups in total. The van der Waals surface area contributed by atoms with Crippen molar-refractivity contribution in [1.82, 2.24) is 15.1 Å². The number of halogens is 1. The first-order valence-corrected chi connectivity index (χ1v) is 9.09. The zero-order chi connectivity index (χ0) is 17.6. The maximum atomic E-state index is 12.5. The summed E-state index contributed by atoms with van der Waals surface area (Å²) in [5.41, 5.74) is 1.09. The van der Waals surface area contributed by atoms with Gasteiger partial charge in [0.05, 0.1) is 13.2 Å². The Morgan fingerprint density at radius 2 is 2.16 bits per heavy atom. The molecular formula is C18H25ClN4O2. The molecule has 6 nitrogen and oxygen atoms in total. The van der Waals surface area contributed by atoms with Crippen molar-refractivity contribution in [2.45, 2.75) is 13.0 Å². The van der Waals surface area contributed by atoms with E-state index in [1.165, 1.54) is 0 Å². The zero-order valence-corrected chi connectivity index (χ0v) is 15.3. The highest BCUT2D eigenvalue weighted by Crippen LogP contribution is 2.14. The van der Waals surface area contributed by atoms with Crippen LogP contribution in [0.5, 0.6) is 0 Å². The highest BCUT2D eigenvalue weighted by atomic mass is 35.5. The normalized spacial score (nSPS) is 21.8. The number of guanidine groups is 1. The molecule has 0 radical (unpaired) electrons. The SMILES string of the molecule is CN=C(NCC1CCOC1)N1CCN(Cc2ccc(Cl)cc2)C(=O)C1. The van der Waals surface area contributed by atoms with Crippen LogP contribution in [0, 0.1) is 5.92 Å². The molecule has 2 aliphatic rings. The molecule has 25 heavy (non-hydrogen) atoms. The summed E-state index contributed by atoms with van der Waals surface area (Å²) in [6, 6.07) is 7.64. The predicted molar refractivity (Wildman–Crippen MR) is 98.7 cm³/mol. The van der Waals surface area contributed by atoms with Crippen LogP contribution < -0.4 is 5.32 Å². The molecule has 1 amide bonds. The van der Waals surface area contributed by atoms with Gasteiger partial charge in [-0.3, -0.25) is 9.79 Å². The highest BCUT2D eigenvalue weighted by molar-refractivity contribution is 6.30. The average molecular weight is 365 g/mol. The first-order chi connectivity index (χ1) is 12.2. The molecule has 2 saturated heterocycles. The summed E-state index contributed by atoms with van der Waals surface area (Å²) in [5, 5.41) is 4.09. The van der Waals surface area contributed by atoms with E-state index in [4.69, 9.17) is 16.3 Å². The molecular weight excluding hydrogens is 340 g/mol. The van der Waals surface area contributed by atoms with E-state index >= 15 is 0 Å². The summed E-state index contributed by atoms with van der Waals surface area (Å²) in [7, 11) is 1.76. The number of rotatable bonds is 4. The van der Waals surface area contributed by atoms with Crippen LogP contribution in [-0.2, 0) is 16.1 Å². The topological polar surface area (TPSA) is 57.2 Å². The molecule has 0 aromatic heterocycles. The van der Waals surface area contributed by atoms with E-state index in [1.807, 2.05) is 34.1 Å². The lowest BCUT2D eigenvalue weighted by atomic mass is 10.1. The van der Waals surface area contributed by atoms with Crippen molar-refractivity contribution in [1.29, 1.82) is 0 Å². The van der Waals surface area contributed by atoms with Gasteiger partial charge in [-0.1, -0.05) is 23.7 Å². The van der Waals surface area contributed by atoms with Crippen molar-refractivity contribution in [3.63, 3.8) is 0 Å². The summed E-state index contributed by atoms with van der Waals surface area (Å²) in [4.78, 5) is 20.8. The van der Waals surface area contributed by atoms with Gasteiger partial charge in [0.2, 0.25) is 5.91 Å². The number of amides is 1. The van der Waals surface area contributed by atoms with Crippen molar-refractivity contribution in [3.05, 3.63) is 34.9 Å². The average Bonchev–Trinajstić information content (AvgIpc) is 3.13. The van der Waals surface area contributed by atoms with E-state index < -0.39 is 0 Å². The summed E-state index contributed by atoms with van der Waals surface area (Å²) < 4.78 is 5.40. The first kappa shape index (κ1) is 18.0. The number of hydrogen-bond acceptors (Lipinski definition) is 3. The number of benzene rings is 1. The number of nitrogens with one attached hydrogen (secondary N) is 1. The molecule has 0 aliphatic carbocycles. The fourth-order valence-corrected chi connectivity index (χ4v) is 3.30. The fourth-order valence-electron chi connectivity index (χ4n) is 3.18. The van der Waals surface area contributed by atoms with Crippen molar-refractivity contribution in [2.75, 3.05) is 46.4 Å². The lowest BCUT2D eigenvalue weighted by molar-refractivity contribution is -0.135. The molecule has 2 heterocycles. The molecule has 1 aromatic rings. The van der Waals surface area contributed by atoms with Gasteiger partial charge in [0.1, 0.15) is 0 Å². The lowest BCUT2D eigenvalue weighted by Crippen LogP contribution is -2.55. The summed E-state index contributed by atoms with van der Waals surface area (Å²) in [6.07, 6.45) is 1.08. The fraction of sp³-hybridized carbons (Fsp3) is 0.556. The van der Waals surface area contributed by atoms with E-state index in [-0.39, 0.29) is 5.91 Å². The second-order valence-corrected chi connectivity index (χ2v) is 6.96. The third-order valence-corrected chi connectivity index (χ3v) is 4.94. The third kappa shape index (κ3) is 4.86. The van der Waals surface area contributed by atoms with Gasteiger partial charge in [0, 0.05) is 50.8 Å². The molecule has 0 bridgehead atoms. The number of carbonyl (C=O) groups excluding carboxylic acids is 1. The minimum atomic E-state index is 0.119. The minimum Gasteiger partial charge on any atom is -0.381 e. The van der Waals surface area contributed by atoms with Gasteiger partial charge in [0.25, 0.3) is 0 Å². The number of hydrogen-bond donors (Lipinski definition) is 1. The molecule has 1 atom stereocenters. The van der Waals surface area contributed by atoms with Gasteiger partial charge in [-0.15, -0.1) is 0 Å². The molecule has 1 aromatic carbocycles. The second kappa shape index (κ2) is 8.54. The number of ether oxygens (including phenoxy) is 1. The van der Waals surface area contributed by atoms with Crippen molar-refractivity contribution < 1.29 is 9.53 Å². The minimum absolute atomic E-state index is 0.119. The van der Waals surface area contributed by atoms with Crippen LogP contribution >= 0.6 is 11.6 Å². The zero-order valence-electron chi connectivity index (χ0n) is 14.6. The maximum absolute atomic E-state index is 12.5. The second-order valence-electron chi connectivity index (χ2n) is 6.52. The predicted octanol–water partition coefficient (Wildman–Crippen LogP) is 1.60. The summed E-state index contributed by atoms with van der Waals surface area (Å²) >= 11 is 5.91. The lowest BCUT2D eigenvalue weighted by Gasteiger charge is -2.36. The monoisotopic (exact) mass is 364 g/mol. The van der Waals surface area contributed by atoms with E-state index in [0.717, 1.165) is 44.2 Å². The van der Waals surface area contributed by atoms with E-state index in [1.54, 1.807) is 7.05 Å². The van der Waals surface area contributed by atoms with Gasteiger partial charge in [-0.05, 0) is 24.1 Å². The van der Waals surface area contributed by atoms with Gasteiger partial charge >= 0.3 is 0 Å². The van der Waals surface area contributed by atoms with Gasteiger partial charge in [-0.2, -0.15) is 0 Å². The molecule has 7 heteroatoms. The number of nitrogens with zero attached hydrogens (tertiary/aromatic N) is 3. The van der Waals surface area contributed by atoms with Crippen LogP contribution in [0.15, 0.2) is 29.3 Å². The maximum Gasteiger partial charge on any atom is 0.242 e. The standard InChI is InChI=1S/C18H25ClN4O2/c1-20-18(21-10-15-6-9-25-13-15)23-8-7-22(17(24)12-23)11-14-2-4-16(19)5-3-14/h2-5,15H,6-13H2,1H3,(H,20,21). The molecule has 2 aliphatic heterocycles. The van der Waals surface area contributed by atoms with E-state index in [9.17, 15) is 4.79 Å². The third-order valence-electron chi connectivity index (χ3n) is 4.69. The summed E-state index contributed by atoms with van der Waals surface area (Å²) in [6.45, 7) is 4.93. The molecule has 136 valence electrons. The van der Waals surface area contributed by atoms with Gasteiger partial charge in [-0.25, -0.2) is 0 Å². The van der Waals surface area contributed by atoms with Gasteiger partial charge in [0.15, 0.2) is 5.96 Å². The van der Waals surface area contributed by atoms with Crippen molar-refractivity contribution in [2.24, 2.45) is 10.9 Å². The Labute approximate surface area is 153 Å². The van der Waals surface area contributed by atoms with E-state index in [2.05, 4.69) is 10.3 Å². The first-order valence-electron chi connectivity index (χ1n) is 8.71. The van der Waals surface area contributed by atoms with Crippen LogP contribution in [0.4, 0.5) is 0 Å². The van der Waals surface area contributed by atoms with Crippen LogP contribution in [0.3, 0.4) is 0 Å². The summed E-state index contributed by atoms with van der Waals surface area (Å²) in [5.74, 6) is 1.44. The Bertz CT molecular complexity index is 614. The Balaban J connectivity index is 1.51. The van der Waals surface area contributed by atoms with Crippen molar-refractivity contribution >= 4 is 23.5 Å². The van der Waals surface area contributed by atoms with Gasteiger partial charge < -0.3 is 19.9 Å². The molecule has 3 rings (SSSR count).